The molecule has 1 aliphatic rings. The van der Waals surface area contributed by atoms with Gasteiger partial charge in [0.15, 0.2) is 11.5 Å². The van der Waals surface area contributed by atoms with Crippen LogP contribution < -0.4 is 19.9 Å². The third-order valence-electron chi connectivity index (χ3n) is 3.06. The highest BCUT2D eigenvalue weighted by Crippen LogP contribution is 2.36. The molecule has 0 aromatic heterocycles. The van der Waals surface area contributed by atoms with E-state index in [4.69, 9.17) is 19.9 Å². The normalized spacial score (nSPS) is 14.2. The molecule has 0 aliphatic carbocycles. The van der Waals surface area contributed by atoms with Gasteiger partial charge >= 0.3 is 0 Å². The van der Waals surface area contributed by atoms with Crippen molar-refractivity contribution in [1.82, 2.24) is 0 Å². The van der Waals surface area contributed by atoms with Gasteiger partial charge in [-0.2, -0.15) is 0 Å². The molecule has 0 radical (unpaired) electrons. The van der Waals surface area contributed by atoms with Crippen LogP contribution in [0.4, 0.5) is 5.69 Å². The second kappa shape index (κ2) is 4.72. The number of hydrogen-bond acceptors (Lipinski definition) is 4. The van der Waals surface area contributed by atoms with Crippen LogP contribution in [0.2, 0.25) is 0 Å². The monoisotopic (exact) mass is 257 g/mol. The fourth-order valence-electron chi connectivity index (χ4n) is 1.99. The largest absolute Gasteiger partial charge is 0.486 e. The average Bonchev–Trinajstić information content (AvgIpc) is 2.87. The van der Waals surface area contributed by atoms with Crippen LogP contribution in [0, 0.1) is 0 Å². The topological polar surface area (TPSA) is 53.7 Å². The lowest BCUT2D eigenvalue weighted by atomic mass is 10.1. The van der Waals surface area contributed by atoms with Crippen LogP contribution in [0.15, 0.2) is 42.5 Å². The van der Waals surface area contributed by atoms with Crippen LogP contribution in [-0.4, -0.2) is 6.79 Å². The molecule has 0 saturated carbocycles. The van der Waals surface area contributed by atoms with Crippen molar-refractivity contribution < 1.29 is 14.2 Å². The van der Waals surface area contributed by atoms with Crippen LogP contribution in [0.3, 0.4) is 0 Å². The van der Waals surface area contributed by atoms with E-state index in [9.17, 15) is 0 Å². The molecule has 0 bridgehead atoms. The first-order chi connectivity index (χ1) is 9.22. The summed E-state index contributed by atoms with van der Waals surface area (Å²) in [6.45, 7) is 2.27. The molecular weight excluding hydrogens is 242 g/mol. The SMILES string of the molecule is CC(Oc1ccc2c(c1)OCO2)c1ccc(N)cc1. The van der Waals surface area contributed by atoms with Crippen molar-refractivity contribution in [2.24, 2.45) is 0 Å². The van der Waals surface area contributed by atoms with Gasteiger partial charge in [0.25, 0.3) is 0 Å². The highest BCUT2D eigenvalue weighted by atomic mass is 16.7. The standard InChI is InChI=1S/C15H15NO3/c1-10(11-2-4-12(16)5-3-11)19-13-6-7-14-15(8-13)18-9-17-14/h2-8,10H,9,16H2,1H3. The molecule has 4 heteroatoms. The minimum Gasteiger partial charge on any atom is -0.486 e. The van der Waals surface area contributed by atoms with Gasteiger partial charge in [-0.25, -0.2) is 0 Å². The zero-order valence-corrected chi connectivity index (χ0v) is 10.6. The first-order valence-corrected chi connectivity index (χ1v) is 6.14. The second-order valence-electron chi connectivity index (χ2n) is 4.44. The average molecular weight is 257 g/mol. The fourth-order valence-corrected chi connectivity index (χ4v) is 1.99. The molecule has 19 heavy (non-hydrogen) atoms. The summed E-state index contributed by atoms with van der Waals surface area (Å²) in [4.78, 5) is 0. The molecule has 0 amide bonds. The van der Waals surface area contributed by atoms with E-state index < -0.39 is 0 Å². The lowest BCUT2D eigenvalue weighted by molar-refractivity contribution is 0.173. The summed E-state index contributed by atoms with van der Waals surface area (Å²) in [6, 6.07) is 13.2. The van der Waals surface area contributed by atoms with Crippen molar-refractivity contribution in [2.45, 2.75) is 13.0 Å². The Labute approximate surface area is 111 Å². The zero-order chi connectivity index (χ0) is 13.2. The van der Waals surface area contributed by atoms with Gasteiger partial charge in [-0.15, -0.1) is 0 Å². The number of fused-ring (bicyclic) bond motifs is 1. The number of anilines is 1. The second-order valence-corrected chi connectivity index (χ2v) is 4.44. The summed E-state index contributed by atoms with van der Waals surface area (Å²) in [5.74, 6) is 2.24. The number of nitrogen functional groups attached to an aromatic ring is 1. The molecule has 1 unspecified atom stereocenters. The van der Waals surface area contributed by atoms with Crippen molar-refractivity contribution in [2.75, 3.05) is 12.5 Å². The van der Waals surface area contributed by atoms with Crippen molar-refractivity contribution >= 4 is 5.69 Å². The molecule has 98 valence electrons. The Morgan fingerprint density at radius 2 is 1.79 bits per heavy atom. The molecule has 3 rings (SSSR count). The Kier molecular flexibility index (Phi) is 2.91. The van der Waals surface area contributed by atoms with E-state index >= 15 is 0 Å². The van der Waals surface area contributed by atoms with E-state index in [1.165, 1.54) is 0 Å². The third kappa shape index (κ3) is 2.42. The lowest BCUT2D eigenvalue weighted by Crippen LogP contribution is -2.03. The van der Waals surface area contributed by atoms with Gasteiger partial charge in [-0.1, -0.05) is 12.1 Å². The summed E-state index contributed by atoms with van der Waals surface area (Å²) in [5, 5.41) is 0. The van der Waals surface area contributed by atoms with E-state index in [0.717, 1.165) is 28.5 Å². The Morgan fingerprint density at radius 3 is 2.58 bits per heavy atom. The van der Waals surface area contributed by atoms with Crippen molar-refractivity contribution in [3.05, 3.63) is 48.0 Å². The van der Waals surface area contributed by atoms with Crippen LogP contribution in [0.25, 0.3) is 0 Å². The van der Waals surface area contributed by atoms with Gasteiger partial charge in [-0.3, -0.25) is 0 Å². The number of rotatable bonds is 3. The molecule has 1 atom stereocenters. The van der Waals surface area contributed by atoms with Crippen molar-refractivity contribution in [1.29, 1.82) is 0 Å². The minimum absolute atomic E-state index is 0.0547. The smallest absolute Gasteiger partial charge is 0.231 e. The van der Waals surface area contributed by atoms with E-state index in [0.29, 0.717) is 0 Å². The maximum atomic E-state index is 5.89. The Hall–Kier alpha value is -2.36. The van der Waals surface area contributed by atoms with Gasteiger partial charge in [0.2, 0.25) is 6.79 Å². The predicted octanol–water partition coefficient (Wildman–Crippen LogP) is 3.14. The Balaban J connectivity index is 1.75. The van der Waals surface area contributed by atoms with Gasteiger partial charge in [0.05, 0.1) is 0 Å². The molecule has 0 saturated heterocycles. The van der Waals surface area contributed by atoms with Gasteiger partial charge in [-0.05, 0) is 36.8 Å². The summed E-state index contributed by atoms with van der Waals surface area (Å²) in [7, 11) is 0. The molecule has 2 N–H and O–H groups in total. The van der Waals surface area contributed by atoms with Crippen molar-refractivity contribution in [3.63, 3.8) is 0 Å². The number of hydrogen-bond donors (Lipinski definition) is 1. The summed E-state index contributed by atoms with van der Waals surface area (Å²) < 4.78 is 16.5. The summed E-state index contributed by atoms with van der Waals surface area (Å²) in [5.41, 5.74) is 7.49. The number of nitrogens with two attached hydrogens (primary N) is 1. The fraction of sp³-hybridized carbons (Fsp3) is 0.200. The molecule has 0 fully saturated rings. The maximum absolute atomic E-state index is 5.89. The van der Waals surface area contributed by atoms with Crippen LogP contribution in [0.1, 0.15) is 18.6 Å². The first-order valence-electron chi connectivity index (χ1n) is 6.14. The van der Waals surface area contributed by atoms with Gasteiger partial charge in [0.1, 0.15) is 11.9 Å². The van der Waals surface area contributed by atoms with E-state index in [1.54, 1.807) is 0 Å². The van der Waals surface area contributed by atoms with E-state index in [2.05, 4.69) is 0 Å². The highest BCUT2D eigenvalue weighted by molar-refractivity contribution is 5.47. The van der Waals surface area contributed by atoms with E-state index in [1.807, 2.05) is 49.4 Å². The molecule has 0 spiro atoms. The van der Waals surface area contributed by atoms with Gasteiger partial charge in [0, 0.05) is 11.8 Å². The van der Waals surface area contributed by atoms with Crippen LogP contribution in [-0.2, 0) is 0 Å². The molecule has 1 aliphatic heterocycles. The van der Waals surface area contributed by atoms with Crippen LogP contribution >= 0.6 is 0 Å². The Morgan fingerprint density at radius 1 is 1.05 bits per heavy atom. The third-order valence-corrected chi connectivity index (χ3v) is 3.06. The zero-order valence-electron chi connectivity index (χ0n) is 10.6. The summed E-state index contributed by atoms with van der Waals surface area (Å²) in [6.07, 6.45) is -0.0547. The molecule has 2 aromatic rings. The Bertz CT molecular complexity index is 580. The molecule has 4 nitrogen and oxygen atoms in total. The lowest BCUT2D eigenvalue weighted by Gasteiger charge is -2.15. The number of benzene rings is 2. The molecule has 2 aromatic carbocycles. The maximum Gasteiger partial charge on any atom is 0.231 e. The quantitative estimate of drug-likeness (QED) is 0.858. The first kappa shape index (κ1) is 11.7. The van der Waals surface area contributed by atoms with Crippen molar-refractivity contribution in [3.8, 4) is 17.2 Å². The molecular formula is C15H15NO3. The molecule has 1 heterocycles. The minimum atomic E-state index is -0.0547. The number of ether oxygens (including phenoxy) is 3. The highest BCUT2D eigenvalue weighted by Gasteiger charge is 2.15. The summed E-state index contributed by atoms with van der Waals surface area (Å²) >= 11 is 0. The van der Waals surface area contributed by atoms with Gasteiger partial charge < -0.3 is 19.9 Å². The predicted molar refractivity (Wildman–Crippen MR) is 72.5 cm³/mol. The van der Waals surface area contributed by atoms with Crippen LogP contribution in [0.5, 0.6) is 17.2 Å². The van der Waals surface area contributed by atoms with E-state index in [-0.39, 0.29) is 12.9 Å².